The molecule has 0 aliphatic carbocycles. The van der Waals surface area contributed by atoms with Crippen LogP contribution >= 0.6 is 43.5 Å². The summed E-state index contributed by atoms with van der Waals surface area (Å²) in [6, 6.07) is 10.6. The van der Waals surface area contributed by atoms with Crippen molar-refractivity contribution in [1.29, 1.82) is 0 Å². The number of hydrogen-bond donors (Lipinski definition) is 0. The van der Waals surface area contributed by atoms with Crippen molar-refractivity contribution in [2.24, 2.45) is 0 Å². The molecule has 0 aromatic heterocycles. The first kappa shape index (κ1) is 14.0. The predicted molar refractivity (Wildman–Crippen MR) is 80.4 cm³/mol. The molecule has 0 saturated heterocycles. The Balaban J connectivity index is 2.41. The highest BCUT2D eigenvalue weighted by Gasteiger charge is 2.14. The molecule has 0 saturated carbocycles. The average Bonchev–Trinajstić information content (AvgIpc) is 2.32. The molecule has 4 heteroatoms. The largest absolute Gasteiger partial charge is 0.206 e. The fourth-order valence-electron chi connectivity index (χ4n) is 1.68. The number of benzene rings is 2. The molecule has 2 aromatic rings. The van der Waals surface area contributed by atoms with Gasteiger partial charge in [0, 0.05) is 15.4 Å². The van der Waals surface area contributed by atoms with Gasteiger partial charge in [-0.2, -0.15) is 0 Å². The van der Waals surface area contributed by atoms with Gasteiger partial charge in [0.05, 0.1) is 4.47 Å². The van der Waals surface area contributed by atoms with Crippen LogP contribution in [0.4, 0.5) is 4.39 Å². The average molecular weight is 391 g/mol. The summed E-state index contributed by atoms with van der Waals surface area (Å²) in [5, 5.41) is 0.679. The Morgan fingerprint density at radius 3 is 2.39 bits per heavy atom. The van der Waals surface area contributed by atoms with E-state index in [1.807, 2.05) is 25.1 Å². The smallest absolute Gasteiger partial charge is 0.137 e. The Kier molecular flexibility index (Phi) is 4.46. The molecule has 0 amide bonds. The maximum absolute atomic E-state index is 13.2. The molecular weight excluding hydrogens is 382 g/mol. The van der Waals surface area contributed by atoms with E-state index in [2.05, 4.69) is 31.9 Å². The lowest BCUT2D eigenvalue weighted by Gasteiger charge is -2.14. The fourth-order valence-corrected chi connectivity index (χ4v) is 3.04. The van der Waals surface area contributed by atoms with Crippen molar-refractivity contribution in [2.45, 2.75) is 6.92 Å². The van der Waals surface area contributed by atoms with E-state index in [0.717, 1.165) is 21.5 Å². The van der Waals surface area contributed by atoms with E-state index in [-0.39, 0.29) is 5.82 Å². The Bertz CT molecular complexity index is 584. The van der Waals surface area contributed by atoms with Crippen LogP contribution in [-0.4, -0.2) is 0 Å². The lowest BCUT2D eigenvalue weighted by molar-refractivity contribution is 0.620. The molecule has 18 heavy (non-hydrogen) atoms. The summed E-state index contributed by atoms with van der Waals surface area (Å²) in [5.74, 6) is 0.793. The molecule has 2 rings (SSSR count). The second-order valence-electron chi connectivity index (χ2n) is 3.88. The van der Waals surface area contributed by atoms with Gasteiger partial charge in [-0.15, -0.1) is 0 Å². The summed E-state index contributed by atoms with van der Waals surface area (Å²) in [6.45, 7) is 1.99. The first-order valence-electron chi connectivity index (χ1n) is 5.23. The Labute approximate surface area is 127 Å². The molecule has 2 aromatic carbocycles. The van der Waals surface area contributed by atoms with Crippen LogP contribution in [0, 0.1) is 11.7 Å². The van der Waals surface area contributed by atoms with Crippen LogP contribution in [0.1, 0.15) is 18.1 Å². The molecule has 1 radical (unpaired) electrons. The summed E-state index contributed by atoms with van der Waals surface area (Å²) in [4.78, 5) is 0. The van der Waals surface area contributed by atoms with Crippen LogP contribution in [0.3, 0.4) is 0 Å². The minimum absolute atomic E-state index is 0.262. The SMILES string of the molecule is C[C](c1ccc(F)c(Br)c1)c1ccc(Cl)cc1Br. The molecule has 0 atom stereocenters. The van der Waals surface area contributed by atoms with E-state index in [1.54, 1.807) is 12.1 Å². The van der Waals surface area contributed by atoms with E-state index >= 15 is 0 Å². The van der Waals surface area contributed by atoms with Crippen molar-refractivity contribution in [1.82, 2.24) is 0 Å². The van der Waals surface area contributed by atoms with Crippen molar-refractivity contribution in [3.8, 4) is 0 Å². The van der Waals surface area contributed by atoms with Gasteiger partial charge in [-0.1, -0.05) is 46.6 Å². The molecule has 93 valence electrons. The molecule has 0 bridgehead atoms. The maximum Gasteiger partial charge on any atom is 0.137 e. The third-order valence-corrected chi connectivity index (χ3v) is 4.19. The summed E-state index contributed by atoms with van der Waals surface area (Å²) in [5.41, 5.74) is 2.00. The molecule has 0 fully saturated rings. The first-order valence-corrected chi connectivity index (χ1v) is 7.20. The van der Waals surface area contributed by atoms with Crippen LogP contribution in [0.25, 0.3) is 0 Å². The molecule has 0 heterocycles. The van der Waals surface area contributed by atoms with Crippen LogP contribution in [0.2, 0.25) is 5.02 Å². The van der Waals surface area contributed by atoms with Gasteiger partial charge in [0.25, 0.3) is 0 Å². The number of hydrogen-bond acceptors (Lipinski definition) is 0. The normalized spacial score (nSPS) is 11.0. The van der Waals surface area contributed by atoms with Crippen LogP contribution in [-0.2, 0) is 0 Å². The highest BCUT2D eigenvalue weighted by molar-refractivity contribution is 9.10. The molecule has 0 spiro atoms. The van der Waals surface area contributed by atoms with Gasteiger partial charge in [-0.25, -0.2) is 4.39 Å². The zero-order chi connectivity index (χ0) is 13.3. The van der Waals surface area contributed by atoms with Crippen molar-refractivity contribution in [3.05, 3.63) is 73.2 Å². The van der Waals surface area contributed by atoms with Gasteiger partial charge < -0.3 is 0 Å². The quantitative estimate of drug-likeness (QED) is 0.589. The summed E-state index contributed by atoms with van der Waals surface area (Å²) >= 11 is 12.6. The fraction of sp³-hybridized carbons (Fsp3) is 0.0714. The van der Waals surface area contributed by atoms with E-state index in [9.17, 15) is 4.39 Å². The van der Waals surface area contributed by atoms with Crippen molar-refractivity contribution < 1.29 is 4.39 Å². The van der Waals surface area contributed by atoms with Gasteiger partial charge >= 0.3 is 0 Å². The predicted octanol–water partition coefficient (Wildman–Crippen LogP) is 5.99. The number of halogens is 4. The summed E-state index contributed by atoms with van der Waals surface area (Å²) in [6.07, 6.45) is 0. The second kappa shape index (κ2) is 5.72. The first-order chi connectivity index (χ1) is 8.49. The van der Waals surface area contributed by atoms with Crippen LogP contribution in [0.5, 0.6) is 0 Å². The minimum Gasteiger partial charge on any atom is -0.206 e. The van der Waals surface area contributed by atoms with E-state index in [1.165, 1.54) is 6.07 Å². The lowest BCUT2D eigenvalue weighted by atomic mass is 9.93. The minimum atomic E-state index is -0.262. The van der Waals surface area contributed by atoms with Crippen molar-refractivity contribution in [3.63, 3.8) is 0 Å². The molecule has 0 N–H and O–H groups in total. The van der Waals surface area contributed by atoms with E-state index in [4.69, 9.17) is 11.6 Å². The summed E-state index contributed by atoms with van der Waals surface area (Å²) in [7, 11) is 0. The molecule has 0 nitrogen and oxygen atoms in total. The monoisotopic (exact) mass is 389 g/mol. The zero-order valence-electron chi connectivity index (χ0n) is 9.48. The Morgan fingerprint density at radius 2 is 1.78 bits per heavy atom. The van der Waals surface area contributed by atoms with Crippen LogP contribution in [0.15, 0.2) is 45.3 Å². The number of rotatable bonds is 2. The molecular formula is C14H9Br2ClF. The zero-order valence-corrected chi connectivity index (χ0v) is 13.4. The second-order valence-corrected chi connectivity index (χ2v) is 6.02. The van der Waals surface area contributed by atoms with Crippen molar-refractivity contribution >= 4 is 43.5 Å². The third kappa shape index (κ3) is 2.95. The van der Waals surface area contributed by atoms with E-state index in [0.29, 0.717) is 9.50 Å². The van der Waals surface area contributed by atoms with Gasteiger partial charge in [-0.05, 0) is 51.3 Å². The molecule has 0 unspecified atom stereocenters. The maximum atomic E-state index is 13.2. The molecule has 0 aliphatic heterocycles. The van der Waals surface area contributed by atoms with Gasteiger partial charge in [-0.3, -0.25) is 0 Å². The van der Waals surface area contributed by atoms with Gasteiger partial charge in [0.1, 0.15) is 5.82 Å². The highest BCUT2D eigenvalue weighted by atomic mass is 79.9. The third-order valence-electron chi connectivity index (χ3n) is 2.69. The molecule has 0 aliphatic rings. The van der Waals surface area contributed by atoms with Crippen molar-refractivity contribution in [2.75, 3.05) is 0 Å². The van der Waals surface area contributed by atoms with Gasteiger partial charge in [0.2, 0.25) is 0 Å². The van der Waals surface area contributed by atoms with Gasteiger partial charge in [0.15, 0.2) is 0 Å². The highest BCUT2D eigenvalue weighted by Crippen LogP contribution is 2.32. The standard InChI is InChI=1S/C14H9Br2ClF/c1-8(9-2-5-14(18)13(16)6-9)11-4-3-10(17)7-12(11)15/h2-7H,1H3. The lowest BCUT2D eigenvalue weighted by Crippen LogP contribution is -1.99. The van der Waals surface area contributed by atoms with Crippen LogP contribution < -0.4 is 0 Å². The topological polar surface area (TPSA) is 0 Å². The Hall–Kier alpha value is -0.380. The Morgan fingerprint density at radius 1 is 1.06 bits per heavy atom. The summed E-state index contributed by atoms with van der Waals surface area (Å²) < 4.78 is 14.6. The van der Waals surface area contributed by atoms with E-state index < -0.39 is 0 Å².